The molecule has 0 spiro atoms. The first-order chi connectivity index (χ1) is 5.97. The second-order valence-corrected chi connectivity index (χ2v) is 3.11. The Labute approximate surface area is 72.8 Å². The fraction of sp³-hybridized carbons (Fsp3) is 1.00. The Morgan fingerprint density at radius 2 is 1.92 bits per heavy atom. The van der Waals surface area contributed by atoms with Crippen LogP contribution in [0, 0.1) is 0 Å². The maximum Gasteiger partial charge on any atom is 0.1000 e. The standard InChI is InChI=1S/C8H15N2O2/c1-4-12-7-8(9-1)10-2-5-11-6-3-10/h8H,1-7H2. The lowest BCUT2D eigenvalue weighted by molar-refractivity contribution is -0.0404. The van der Waals surface area contributed by atoms with Gasteiger partial charge in [-0.25, -0.2) is 5.32 Å². The molecule has 0 aromatic rings. The van der Waals surface area contributed by atoms with E-state index in [-0.39, 0.29) is 0 Å². The van der Waals surface area contributed by atoms with Crippen molar-refractivity contribution in [2.45, 2.75) is 6.17 Å². The number of morpholine rings is 2. The van der Waals surface area contributed by atoms with Crippen LogP contribution in [0.2, 0.25) is 0 Å². The Morgan fingerprint density at radius 1 is 1.08 bits per heavy atom. The van der Waals surface area contributed by atoms with Gasteiger partial charge in [-0.2, -0.15) is 0 Å². The average Bonchev–Trinajstić information content (AvgIpc) is 2.21. The van der Waals surface area contributed by atoms with E-state index in [1.165, 1.54) is 0 Å². The van der Waals surface area contributed by atoms with Crippen LogP contribution in [0.5, 0.6) is 0 Å². The zero-order valence-corrected chi connectivity index (χ0v) is 7.24. The predicted octanol–water partition coefficient (Wildman–Crippen LogP) is -0.721. The summed E-state index contributed by atoms with van der Waals surface area (Å²) in [6, 6.07) is 0. The van der Waals surface area contributed by atoms with Crippen LogP contribution >= 0.6 is 0 Å². The van der Waals surface area contributed by atoms with Crippen molar-refractivity contribution in [3.05, 3.63) is 0 Å². The molecule has 2 fully saturated rings. The number of hydrogen-bond donors (Lipinski definition) is 0. The van der Waals surface area contributed by atoms with Crippen molar-refractivity contribution in [1.82, 2.24) is 10.2 Å². The van der Waals surface area contributed by atoms with Crippen LogP contribution in [0.25, 0.3) is 0 Å². The molecule has 4 heteroatoms. The van der Waals surface area contributed by atoms with Crippen LogP contribution in [0.3, 0.4) is 0 Å². The fourth-order valence-electron chi connectivity index (χ4n) is 1.60. The lowest BCUT2D eigenvalue weighted by Crippen LogP contribution is -2.52. The molecule has 1 radical (unpaired) electrons. The van der Waals surface area contributed by atoms with Gasteiger partial charge >= 0.3 is 0 Å². The van der Waals surface area contributed by atoms with Crippen molar-refractivity contribution in [3.8, 4) is 0 Å². The van der Waals surface area contributed by atoms with Gasteiger partial charge in [0, 0.05) is 19.6 Å². The topological polar surface area (TPSA) is 35.8 Å². The molecule has 4 nitrogen and oxygen atoms in total. The van der Waals surface area contributed by atoms with Crippen LogP contribution in [0.15, 0.2) is 0 Å². The van der Waals surface area contributed by atoms with Crippen molar-refractivity contribution in [2.24, 2.45) is 0 Å². The highest BCUT2D eigenvalue weighted by Crippen LogP contribution is 2.05. The van der Waals surface area contributed by atoms with Crippen molar-refractivity contribution in [1.29, 1.82) is 0 Å². The molecule has 2 heterocycles. The highest BCUT2D eigenvalue weighted by atomic mass is 16.5. The first-order valence-electron chi connectivity index (χ1n) is 4.53. The summed E-state index contributed by atoms with van der Waals surface area (Å²) in [4.78, 5) is 2.34. The van der Waals surface area contributed by atoms with Crippen molar-refractivity contribution >= 4 is 0 Å². The summed E-state index contributed by atoms with van der Waals surface area (Å²) >= 11 is 0. The van der Waals surface area contributed by atoms with E-state index in [0.717, 1.165) is 46.1 Å². The molecule has 2 aliphatic rings. The van der Waals surface area contributed by atoms with Gasteiger partial charge < -0.3 is 9.47 Å². The number of nitrogens with zero attached hydrogens (tertiary/aromatic N) is 2. The van der Waals surface area contributed by atoms with Crippen LogP contribution in [0.4, 0.5) is 0 Å². The van der Waals surface area contributed by atoms with Crippen molar-refractivity contribution in [2.75, 3.05) is 46.1 Å². The predicted molar refractivity (Wildman–Crippen MR) is 44.0 cm³/mol. The number of hydrogen-bond acceptors (Lipinski definition) is 3. The van der Waals surface area contributed by atoms with Gasteiger partial charge in [-0.1, -0.05) is 0 Å². The maximum atomic E-state index is 5.36. The number of rotatable bonds is 1. The molecule has 0 bridgehead atoms. The van der Waals surface area contributed by atoms with E-state index in [4.69, 9.17) is 9.47 Å². The molecule has 0 aliphatic carbocycles. The minimum atomic E-state index is 0.294. The van der Waals surface area contributed by atoms with Crippen molar-refractivity contribution in [3.63, 3.8) is 0 Å². The third-order valence-electron chi connectivity index (χ3n) is 2.31. The molecule has 1 unspecified atom stereocenters. The van der Waals surface area contributed by atoms with Crippen LogP contribution in [-0.2, 0) is 9.47 Å². The molecule has 0 aromatic carbocycles. The minimum Gasteiger partial charge on any atom is -0.379 e. The normalized spacial score (nSPS) is 33.5. The Balaban J connectivity index is 1.80. The third-order valence-corrected chi connectivity index (χ3v) is 2.31. The molecule has 2 rings (SSSR count). The Bertz CT molecular complexity index is 115. The van der Waals surface area contributed by atoms with Gasteiger partial charge in [-0.05, 0) is 0 Å². The summed E-state index contributed by atoms with van der Waals surface area (Å²) in [6.45, 7) is 6.08. The quantitative estimate of drug-likeness (QED) is 0.522. The van der Waals surface area contributed by atoms with E-state index in [0.29, 0.717) is 6.17 Å². The summed E-state index contributed by atoms with van der Waals surface area (Å²) in [5, 5.41) is 4.50. The SMILES string of the molecule is C1COCC(N2CCOCC2)[N]1. The summed E-state index contributed by atoms with van der Waals surface area (Å²) in [5.74, 6) is 0. The second kappa shape index (κ2) is 4.18. The van der Waals surface area contributed by atoms with Gasteiger partial charge in [0.15, 0.2) is 0 Å². The van der Waals surface area contributed by atoms with Gasteiger partial charge in [-0.3, -0.25) is 4.90 Å². The zero-order valence-electron chi connectivity index (χ0n) is 7.24. The van der Waals surface area contributed by atoms with Crippen LogP contribution in [-0.4, -0.2) is 57.1 Å². The lowest BCUT2D eigenvalue weighted by Gasteiger charge is -2.35. The minimum absolute atomic E-state index is 0.294. The van der Waals surface area contributed by atoms with Crippen molar-refractivity contribution < 1.29 is 9.47 Å². The van der Waals surface area contributed by atoms with E-state index in [1.54, 1.807) is 0 Å². The molecular weight excluding hydrogens is 156 g/mol. The third kappa shape index (κ3) is 1.95. The average molecular weight is 171 g/mol. The monoisotopic (exact) mass is 171 g/mol. The molecule has 12 heavy (non-hydrogen) atoms. The molecule has 0 N–H and O–H groups in total. The molecule has 2 aliphatic heterocycles. The van der Waals surface area contributed by atoms with Crippen LogP contribution in [0.1, 0.15) is 0 Å². The van der Waals surface area contributed by atoms with Gasteiger partial charge in [0.1, 0.15) is 0 Å². The van der Waals surface area contributed by atoms with Gasteiger partial charge in [-0.15, -0.1) is 0 Å². The van der Waals surface area contributed by atoms with Gasteiger partial charge in [0.2, 0.25) is 0 Å². The largest absolute Gasteiger partial charge is 0.379 e. The highest BCUT2D eigenvalue weighted by Gasteiger charge is 2.23. The first kappa shape index (κ1) is 8.44. The lowest BCUT2D eigenvalue weighted by atomic mass is 10.3. The summed E-state index contributed by atoms with van der Waals surface area (Å²) in [6.07, 6.45) is 0.294. The molecule has 0 aromatic heterocycles. The Hall–Kier alpha value is -0.160. The molecule has 2 saturated heterocycles. The Morgan fingerprint density at radius 3 is 2.58 bits per heavy atom. The van der Waals surface area contributed by atoms with E-state index in [2.05, 4.69) is 10.2 Å². The fourth-order valence-corrected chi connectivity index (χ4v) is 1.60. The molecule has 0 amide bonds. The van der Waals surface area contributed by atoms with E-state index >= 15 is 0 Å². The summed E-state index contributed by atoms with van der Waals surface area (Å²) in [7, 11) is 0. The molecule has 69 valence electrons. The molecular formula is C8H15N2O2. The highest BCUT2D eigenvalue weighted by molar-refractivity contribution is 4.73. The molecule has 1 atom stereocenters. The van der Waals surface area contributed by atoms with E-state index in [1.807, 2.05) is 0 Å². The summed E-state index contributed by atoms with van der Waals surface area (Å²) in [5.41, 5.74) is 0. The number of ether oxygens (including phenoxy) is 2. The van der Waals surface area contributed by atoms with Gasteiger partial charge in [0.05, 0.1) is 32.6 Å². The van der Waals surface area contributed by atoms with E-state index in [9.17, 15) is 0 Å². The smallest absolute Gasteiger partial charge is 0.1000 e. The zero-order chi connectivity index (χ0) is 8.23. The summed E-state index contributed by atoms with van der Waals surface area (Å²) < 4.78 is 10.6. The first-order valence-corrected chi connectivity index (χ1v) is 4.53. The maximum absolute atomic E-state index is 5.36. The van der Waals surface area contributed by atoms with Gasteiger partial charge in [0.25, 0.3) is 0 Å². The Kier molecular flexibility index (Phi) is 2.94. The van der Waals surface area contributed by atoms with Crippen LogP contribution < -0.4 is 5.32 Å². The van der Waals surface area contributed by atoms with E-state index < -0.39 is 0 Å². The second-order valence-electron chi connectivity index (χ2n) is 3.11. The molecule has 0 saturated carbocycles.